The third-order valence-corrected chi connectivity index (χ3v) is 1.78. The van der Waals surface area contributed by atoms with Crippen LogP contribution >= 0.6 is 0 Å². The largest absolute Gasteiger partial charge is 0.457 e. The molecule has 0 bridgehead atoms. The van der Waals surface area contributed by atoms with Gasteiger partial charge in [-0.25, -0.2) is 0 Å². The molecule has 60 valence electrons. The van der Waals surface area contributed by atoms with Crippen molar-refractivity contribution in [3.05, 3.63) is 42.2 Å². The lowest BCUT2D eigenvalue weighted by atomic mass is 10.2. The van der Waals surface area contributed by atoms with Gasteiger partial charge in [0.2, 0.25) is 0 Å². The predicted octanol–water partition coefficient (Wildman–Crippen LogP) is 3.47. The number of furan rings is 1. The summed E-state index contributed by atoms with van der Waals surface area (Å²) in [6, 6.07) is 10.0. The lowest BCUT2D eigenvalue weighted by Crippen LogP contribution is -1.57. The first-order valence-electron chi connectivity index (χ1n) is 4.01. The molecular formula is C11H10O. The van der Waals surface area contributed by atoms with Crippen molar-refractivity contribution in [1.29, 1.82) is 0 Å². The minimum absolute atomic E-state index is 0.915. The summed E-state index contributed by atoms with van der Waals surface area (Å²) in [6.45, 7) is 1.98. The third-order valence-electron chi connectivity index (χ3n) is 1.78. The maximum absolute atomic E-state index is 5.52. The molecule has 0 radical (unpaired) electrons. The van der Waals surface area contributed by atoms with Crippen LogP contribution in [0.15, 0.2) is 40.8 Å². The van der Waals surface area contributed by atoms with Gasteiger partial charge in [-0.2, -0.15) is 0 Å². The molecule has 0 spiro atoms. The monoisotopic (exact) mass is 158 g/mol. The van der Waals surface area contributed by atoms with E-state index in [0.717, 1.165) is 16.7 Å². The van der Waals surface area contributed by atoms with E-state index in [9.17, 15) is 0 Å². The molecule has 0 aliphatic carbocycles. The Balaban J connectivity index is 2.62. The van der Waals surface area contributed by atoms with Crippen LogP contribution in [0, 0.1) is 0 Å². The molecule has 2 aromatic rings. The Morgan fingerprint density at radius 1 is 1.25 bits per heavy atom. The highest BCUT2D eigenvalue weighted by atomic mass is 16.3. The summed E-state index contributed by atoms with van der Waals surface area (Å²) in [7, 11) is 0. The standard InChI is InChI=1S/C11H10O/c1-2-5-10-8-9-6-3-4-7-11(9)12-10/h2-8H,1H3/b5-2+. The zero-order chi connectivity index (χ0) is 8.39. The number of allylic oxidation sites excluding steroid dienone is 1. The maximum atomic E-state index is 5.52. The van der Waals surface area contributed by atoms with Gasteiger partial charge in [0.25, 0.3) is 0 Å². The first kappa shape index (κ1) is 7.17. The fourth-order valence-corrected chi connectivity index (χ4v) is 1.25. The van der Waals surface area contributed by atoms with E-state index in [0.29, 0.717) is 0 Å². The quantitative estimate of drug-likeness (QED) is 0.619. The average Bonchev–Trinajstić information content (AvgIpc) is 2.47. The Labute approximate surface area is 71.3 Å². The van der Waals surface area contributed by atoms with Gasteiger partial charge in [0.15, 0.2) is 0 Å². The second-order valence-electron chi connectivity index (χ2n) is 2.69. The topological polar surface area (TPSA) is 13.1 Å². The fraction of sp³-hybridized carbons (Fsp3) is 0.0909. The smallest absolute Gasteiger partial charge is 0.134 e. The van der Waals surface area contributed by atoms with Crippen LogP contribution in [-0.4, -0.2) is 0 Å². The van der Waals surface area contributed by atoms with E-state index in [4.69, 9.17) is 4.42 Å². The van der Waals surface area contributed by atoms with Crippen LogP contribution < -0.4 is 0 Å². The van der Waals surface area contributed by atoms with Gasteiger partial charge in [-0.1, -0.05) is 24.3 Å². The van der Waals surface area contributed by atoms with Gasteiger partial charge in [0.1, 0.15) is 11.3 Å². The molecule has 0 unspecified atom stereocenters. The SMILES string of the molecule is C/C=C/c1cc2ccccc2o1. The lowest BCUT2D eigenvalue weighted by Gasteiger charge is -1.82. The van der Waals surface area contributed by atoms with Crippen LogP contribution in [0.25, 0.3) is 17.0 Å². The van der Waals surface area contributed by atoms with Crippen LogP contribution in [-0.2, 0) is 0 Å². The van der Waals surface area contributed by atoms with Crippen molar-refractivity contribution < 1.29 is 4.42 Å². The van der Waals surface area contributed by atoms with E-state index < -0.39 is 0 Å². The second-order valence-corrected chi connectivity index (χ2v) is 2.69. The van der Waals surface area contributed by atoms with Gasteiger partial charge in [-0.15, -0.1) is 0 Å². The molecule has 2 rings (SSSR count). The minimum Gasteiger partial charge on any atom is -0.457 e. The molecule has 1 aromatic carbocycles. The Morgan fingerprint density at radius 3 is 2.83 bits per heavy atom. The molecule has 0 aliphatic heterocycles. The van der Waals surface area contributed by atoms with Crippen LogP contribution in [0.2, 0.25) is 0 Å². The Morgan fingerprint density at radius 2 is 2.08 bits per heavy atom. The summed E-state index contributed by atoms with van der Waals surface area (Å²) in [5, 5.41) is 1.16. The van der Waals surface area contributed by atoms with Crippen LogP contribution in [0.1, 0.15) is 12.7 Å². The van der Waals surface area contributed by atoms with E-state index in [1.54, 1.807) is 0 Å². The van der Waals surface area contributed by atoms with Gasteiger partial charge in [-0.3, -0.25) is 0 Å². The number of hydrogen-bond donors (Lipinski definition) is 0. The Bertz CT molecular complexity index is 377. The summed E-state index contributed by atoms with van der Waals surface area (Å²) in [6.07, 6.45) is 3.93. The van der Waals surface area contributed by atoms with Gasteiger partial charge in [0.05, 0.1) is 0 Å². The zero-order valence-electron chi connectivity index (χ0n) is 6.95. The summed E-state index contributed by atoms with van der Waals surface area (Å²) in [4.78, 5) is 0. The second kappa shape index (κ2) is 2.86. The molecule has 1 nitrogen and oxygen atoms in total. The predicted molar refractivity (Wildman–Crippen MR) is 50.9 cm³/mol. The van der Waals surface area contributed by atoms with Crippen molar-refractivity contribution in [2.75, 3.05) is 0 Å². The molecular weight excluding hydrogens is 148 g/mol. The van der Waals surface area contributed by atoms with E-state index in [-0.39, 0.29) is 0 Å². The third kappa shape index (κ3) is 1.14. The molecule has 1 heteroatoms. The number of fused-ring (bicyclic) bond motifs is 1. The van der Waals surface area contributed by atoms with E-state index in [2.05, 4.69) is 0 Å². The van der Waals surface area contributed by atoms with Crippen molar-refractivity contribution >= 4 is 17.0 Å². The Kier molecular flexibility index (Phi) is 1.71. The normalized spacial score (nSPS) is 11.4. The van der Waals surface area contributed by atoms with Crippen molar-refractivity contribution in [3.8, 4) is 0 Å². The summed E-state index contributed by atoms with van der Waals surface area (Å²) >= 11 is 0. The fourth-order valence-electron chi connectivity index (χ4n) is 1.25. The number of rotatable bonds is 1. The molecule has 1 aromatic heterocycles. The molecule has 0 N–H and O–H groups in total. The van der Waals surface area contributed by atoms with Crippen molar-refractivity contribution in [1.82, 2.24) is 0 Å². The average molecular weight is 158 g/mol. The first-order chi connectivity index (χ1) is 5.90. The highest BCUT2D eigenvalue weighted by Crippen LogP contribution is 2.19. The molecule has 0 atom stereocenters. The summed E-state index contributed by atoms with van der Waals surface area (Å²) in [5.74, 6) is 0.915. The molecule has 0 fully saturated rings. The van der Waals surface area contributed by atoms with E-state index in [1.165, 1.54) is 0 Å². The van der Waals surface area contributed by atoms with E-state index in [1.807, 2.05) is 49.4 Å². The van der Waals surface area contributed by atoms with Crippen molar-refractivity contribution in [3.63, 3.8) is 0 Å². The van der Waals surface area contributed by atoms with Crippen LogP contribution in [0.3, 0.4) is 0 Å². The van der Waals surface area contributed by atoms with Gasteiger partial charge < -0.3 is 4.42 Å². The number of hydrogen-bond acceptors (Lipinski definition) is 1. The van der Waals surface area contributed by atoms with Crippen molar-refractivity contribution in [2.45, 2.75) is 6.92 Å². The van der Waals surface area contributed by atoms with Crippen molar-refractivity contribution in [2.24, 2.45) is 0 Å². The lowest BCUT2D eigenvalue weighted by molar-refractivity contribution is 0.604. The molecule has 1 heterocycles. The minimum atomic E-state index is 0.915. The molecule has 0 saturated heterocycles. The molecule has 0 aliphatic rings. The van der Waals surface area contributed by atoms with Gasteiger partial charge in [0, 0.05) is 5.39 Å². The highest BCUT2D eigenvalue weighted by molar-refractivity contribution is 5.79. The summed E-state index contributed by atoms with van der Waals surface area (Å²) in [5.41, 5.74) is 0.950. The molecule has 12 heavy (non-hydrogen) atoms. The number of benzene rings is 1. The first-order valence-corrected chi connectivity index (χ1v) is 4.01. The van der Waals surface area contributed by atoms with Crippen LogP contribution in [0.4, 0.5) is 0 Å². The van der Waals surface area contributed by atoms with Crippen LogP contribution in [0.5, 0.6) is 0 Å². The Hall–Kier alpha value is -1.50. The maximum Gasteiger partial charge on any atom is 0.134 e. The number of para-hydroxylation sites is 1. The van der Waals surface area contributed by atoms with Gasteiger partial charge >= 0.3 is 0 Å². The molecule has 0 saturated carbocycles. The van der Waals surface area contributed by atoms with Gasteiger partial charge in [-0.05, 0) is 25.1 Å². The summed E-state index contributed by atoms with van der Waals surface area (Å²) < 4.78 is 5.52. The zero-order valence-corrected chi connectivity index (χ0v) is 6.95. The van der Waals surface area contributed by atoms with E-state index >= 15 is 0 Å². The highest BCUT2D eigenvalue weighted by Gasteiger charge is 1.97. The molecule has 0 amide bonds.